The molecule has 8 nitrogen and oxygen atoms in total. The number of piperidine rings is 2. The van der Waals surface area contributed by atoms with Crippen LogP contribution in [0, 0.1) is 10.8 Å². The number of ether oxygens (including phenoxy) is 1. The zero-order valence-electron chi connectivity index (χ0n) is 26.0. The Labute approximate surface area is 260 Å². The highest BCUT2D eigenvalue weighted by atomic mass is 16.5. The molecular formula is C36H45N3O5. The molecule has 0 amide bonds. The lowest BCUT2D eigenvalue weighted by Crippen LogP contribution is -2.69. The van der Waals surface area contributed by atoms with Gasteiger partial charge in [0.15, 0.2) is 0 Å². The van der Waals surface area contributed by atoms with Crippen LogP contribution in [0.3, 0.4) is 0 Å². The van der Waals surface area contributed by atoms with Gasteiger partial charge in [0, 0.05) is 48.5 Å². The third kappa shape index (κ3) is 5.67. The molecule has 2 fully saturated rings. The number of aliphatic carboxylic acids is 2. The molecule has 0 saturated carbocycles. The van der Waals surface area contributed by atoms with Gasteiger partial charge in [-0.05, 0) is 76.4 Å². The summed E-state index contributed by atoms with van der Waals surface area (Å²) in [5.74, 6) is -2.93. The second-order valence-electron chi connectivity index (χ2n) is 12.7. The van der Waals surface area contributed by atoms with Crippen LogP contribution in [0.4, 0.5) is 0 Å². The molecule has 234 valence electrons. The topological polar surface area (TPSA) is 112 Å². The van der Waals surface area contributed by atoms with E-state index in [2.05, 4.69) is 75.9 Å². The number of rotatable bonds is 11. The van der Waals surface area contributed by atoms with Crippen LogP contribution in [0.5, 0.6) is 0 Å². The summed E-state index contributed by atoms with van der Waals surface area (Å²) in [6.07, 6.45) is 3.77. The van der Waals surface area contributed by atoms with E-state index in [1.54, 1.807) is 31.3 Å². The molecule has 2 saturated heterocycles. The first-order chi connectivity index (χ1) is 21.2. The van der Waals surface area contributed by atoms with Gasteiger partial charge in [0.1, 0.15) is 0 Å². The second-order valence-corrected chi connectivity index (χ2v) is 12.7. The number of carboxylic acids is 2. The minimum absolute atomic E-state index is 0.0215. The van der Waals surface area contributed by atoms with Crippen LogP contribution in [0.2, 0.25) is 0 Å². The summed E-state index contributed by atoms with van der Waals surface area (Å²) in [6.45, 7) is 8.58. The van der Waals surface area contributed by atoms with Gasteiger partial charge in [0.25, 0.3) is 0 Å². The van der Waals surface area contributed by atoms with Crippen LogP contribution >= 0.6 is 0 Å². The first-order valence-electron chi connectivity index (χ1n) is 15.7. The molecule has 8 heteroatoms. The smallest absolute Gasteiger partial charge is 0.312 e. The van der Waals surface area contributed by atoms with Gasteiger partial charge in [-0.25, -0.2) is 0 Å². The lowest BCUT2D eigenvalue weighted by atomic mass is 9.52. The molecule has 0 bridgehead atoms. The van der Waals surface area contributed by atoms with Gasteiger partial charge in [0.2, 0.25) is 0 Å². The molecule has 0 spiro atoms. The Morgan fingerprint density at radius 3 is 1.98 bits per heavy atom. The Bertz CT molecular complexity index is 1360. The fraction of sp³-hybridized carbons (Fsp3) is 0.472. The van der Waals surface area contributed by atoms with Crippen LogP contribution < -0.4 is 5.32 Å². The minimum atomic E-state index is -1.43. The van der Waals surface area contributed by atoms with E-state index in [0.29, 0.717) is 12.3 Å². The summed E-state index contributed by atoms with van der Waals surface area (Å²) in [6, 6.07) is 25.9. The molecule has 3 heterocycles. The molecule has 2 aromatic carbocycles. The van der Waals surface area contributed by atoms with Crippen molar-refractivity contribution in [2.75, 3.05) is 32.8 Å². The second kappa shape index (κ2) is 13.2. The van der Waals surface area contributed by atoms with Gasteiger partial charge in [-0.1, -0.05) is 66.7 Å². The van der Waals surface area contributed by atoms with Crippen molar-refractivity contribution in [2.45, 2.75) is 63.5 Å². The molecule has 3 aromatic rings. The Kier molecular flexibility index (Phi) is 9.53. The van der Waals surface area contributed by atoms with Gasteiger partial charge in [-0.15, -0.1) is 0 Å². The summed E-state index contributed by atoms with van der Waals surface area (Å²) in [5.41, 5.74) is 0.337. The predicted octanol–water partition coefficient (Wildman–Crippen LogP) is 5.20. The maximum Gasteiger partial charge on any atom is 0.312 e. The Morgan fingerprint density at radius 1 is 0.864 bits per heavy atom. The van der Waals surface area contributed by atoms with E-state index in [0.717, 1.165) is 32.5 Å². The number of carbonyl (C=O) groups is 2. The Morgan fingerprint density at radius 2 is 1.45 bits per heavy atom. The van der Waals surface area contributed by atoms with Crippen molar-refractivity contribution in [1.82, 2.24) is 15.2 Å². The maximum atomic E-state index is 13.2. The fourth-order valence-electron chi connectivity index (χ4n) is 7.89. The SMILES string of the molecule is CC1NC(C)C(CCOCCN2CCC(c3ccccc3)(c3ccccc3)CC2)(C(=O)O)C(c2ccccn2)C1(C)C(=O)O. The zero-order valence-corrected chi connectivity index (χ0v) is 26.0. The number of hydrogen-bond donors (Lipinski definition) is 3. The highest BCUT2D eigenvalue weighted by Gasteiger charge is 2.65. The van der Waals surface area contributed by atoms with E-state index < -0.39 is 40.8 Å². The molecule has 0 radical (unpaired) electrons. The van der Waals surface area contributed by atoms with Crippen molar-refractivity contribution in [2.24, 2.45) is 10.8 Å². The first kappa shape index (κ1) is 31.8. The molecule has 5 rings (SSSR count). The summed E-state index contributed by atoms with van der Waals surface area (Å²) >= 11 is 0. The third-order valence-electron chi connectivity index (χ3n) is 10.7. The number of nitrogens with one attached hydrogen (secondary N) is 1. The van der Waals surface area contributed by atoms with Crippen molar-refractivity contribution in [3.05, 3.63) is 102 Å². The van der Waals surface area contributed by atoms with Crippen LogP contribution in [0.25, 0.3) is 0 Å². The van der Waals surface area contributed by atoms with E-state index in [1.165, 1.54) is 11.1 Å². The van der Waals surface area contributed by atoms with Crippen LogP contribution in [0.15, 0.2) is 85.1 Å². The van der Waals surface area contributed by atoms with E-state index in [9.17, 15) is 19.8 Å². The molecule has 5 unspecified atom stereocenters. The number of aromatic nitrogens is 1. The molecule has 2 aliphatic heterocycles. The lowest BCUT2D eigenvalue weighted by Gasteiger charge is -2.55. The van der Waals surface area contributed by atoms with Crippen LogP contribution in [0.1, 0.15) is 62.8 Å². The lowest BCUT2D eigenvalue weighted by molar-refractivity contribution is -0.172. The normalized spacial score (nSPS) is 28.8. The van der Waals surface area contributed by atoms with E-state index in [4.69, 9.17) is 4.74 Å². The van der Waals surface area contributed by atoms with E-state index in [-0.39, 0.29) is 18.4 Å². The summed E-state index contributed by atoms with van der Waals surface area (Å²) in [5, 5.41) is 24.5. The first-order valence-corrected chi connectivity index (χ1v) is 15.7. The minimum Gasteiger partial charge on any atom is -0.481 e. The molecule has 0 aliphatic carbocycles. The van der Waals surface area contributed by atoms with Crippen molar-refractivity contribution in [3.63, 3.8) is 0 Å². The quantitative estimate of drug-likeness (QED) is 0.258. The van der Waals surface area contributed by atoms with Crippen LogP contribution in [-0.2, 0) is 19.7 Å². The largest absolute Gasteiger partial charge is 0.481 e. The van der Waals surface area contributed by atoms with Crippen molar-refractivity contribution in [1.29, 1.82) is 0 Å². The maximum absolute atomic E-state index is 13.2. The van der Waals surface area contributed by atoms with Gasteiger partial charge < -0.3 is 25.2 Å². The average molecular weight is 600 g/mol. The van der Waals surface area contributed by atoms with Crippen molar-refractivity contribution >= 4 is 11.9 Å². The summed E-state index contributed by atoms with van der Waals surface area (Å²) in [4.78, 5) is 32.8. The molecule has 1 aromatic heterocycles. The highest BCUT2D eigenvalue weighted by Crippen LogP contribution is 2.56. The Hall–Kier alpha value is -3.59. The van der Waals surface area contributed by atoms with Gasteiger partial charge in [-0.2, -0.15) is 0 Å². The monoisotopic (exact) mass is 599 g/mol. The van der Waals surface area contributed by atoms with Gasteiger partial charge >= 0.3 is 11.9 Å². The van der Waals surface area contributed by atoms with Crippen molar-refractivity contribution in [3.8, 4) is 0 Å². The number of likely N-dealkylation sites (tertiary alicyclic amines) is 1. The Balaban J connectivity index is 1.26. The molecule has 3 N–H and O–H groups in total. The third-order valence-corrected chi connectivity index (χ3v) is 10.7. The zero-order chi connectivity index (χ0) is 31.4. The predicted molar refractivity (Wildman–Crippen MR) is 170 cm³/mol. The van der Waals surface area contributed by atoms with Crippen molar-refractivity contribution < 1.29 is 24.5 Å². The molecule has 44 heavy (non-hydrogen) atoms. The fourth-order valence-corrected chi connectivity index (χ4v) is 7.89. The number of benzene rings is 2. The molecular weight excluding hydrogens is 554 g/mol. The number of hydrogen-bond acceptors (Lipinski definition) is 6. The van der Waals surface area contributed by atoms with Gasteiger partial charge in [-0.3, -0.25) is 14.6 Å². The van der Waals surface area contributed by atoms with Crippen LogP contribution in [-0.4, -0.2) is 77.0 Å². The summed E-state index contributed by atoms with van der Waals surface area (Å²) < 4.78 is 6.12. The number of carboxylic acid groups (broad SMARTS) is 2. The van der Waals surface area contributed by atoms with Gasteiger partial charge in [0.05, 0.1) is 17.4 Å². The molecule has 2 aliphatic rings. The molecule has 5 atom stereocenters. The number of nitrogens with zero attached hydrogens (tertiary/aromatic N) is 2. The van der Waals surface area contributed by atoms with E-state index >= 15 is 0 Å². The standard InChI is InChI=1S/C36H45N3O5/c1-26-34(3,32(40)41)31(30-16-10-11-20-37-30)36(33(42)43,27(2)38-26)19-24-44-25-23-39-21-17-35(18-22-39,28-12-6-4-7-13-28)29-14-8-5-9-15-29/h4-16,20,26-27,31,38H,17-19,21-25H2,1-3H3,(H,40,41)(H,42,43). The summed E-state index contributed by atoms with van der Waals surface area (Å²) in [7, 11) is 0. The van der Waals surface area contributed by atoms with E-state index in [1.807, 2.05) is 13.8 Å². The average Bonchev–Trinajstić information content (AvgIpc) is 3.04. The number of pyridine rings is 1. The highest BCUT2D eigenvalue weighted by molar-refractivity contribution is 5.83.